The van der Waals surface area contributed by atoms with Gasteiger partial charge in [0.2, 0.25) is 10.0 Å². The van der Waals surface area contributed by atoms with Gasteiger partial charge in [0.15, 0.2) is 0 Å². The second kappa shape index (κ2) is 6.30. The lowest BCUT2D eigenvalue weighted by atomic mass is 10.4. The van der Waals surface area contributed by atoms with Gasteiger partial charge in [-0.05, 0) is 34.1 Å². The summed E-state index contributed by atoms with van der Waals surface area (Å²) in [4.78, 5) is 0.0161. The molecule has 0 radical (unpaired) electrons. The van der Waals surface area contributed by atoms with Gasteiger partial charge in [-0.3, -0.25) is 0 Å². The minimum absolute atomic E-state index is 0.0161. The predicted octanol–water partition coefficient (Wildman–Crippen LogP) is 2.25. The van der Waals surface area contributed by atoms with Crippen LogP contribution < -0.4 is 0 Å². The minimum atomic E-state index is -3.87. The van der Waals surface area contributed by atoms with Crippen LogP contribution in [0.2, 0.25) is 0 Å². The van der Waals surface area contributed by atoms with Gasteiger partial charge in [0, 0.05) is 8.95 Å². The summed E-state index contributed by atoms with van der Waals surface area (Å²) in [7, 11) is -3.87. The molecule has 0 amide bonds. The summed E-state index contributed by atoms with van der Waals surface area (Å²) in [5.74, 6) is 0. The highest BCUT2D eigenvalue weighted by Gasteiger charge is 2.26. The Morgan fingerprint density at radius 1 is 1.17 bits per heavy atom. The van der Waals surface area contributed by atoms with E-state index in [2.05, 4.69) is 31.9 Å². The highest BCUT2D eigenvalue weighted by molar-refractivity contribution is 9.11. The molecular formula is C10H7Br2N3O2S. The Labute approximate surface area is 122 Å². The Bertz CT molecular complexity index is 616. The molecule has 0 aliphatic rings. The molecule has 8 heteroatoms. The Morgan fingerprint density at radius 3 is 2.22 bits per heavy atom. The number of nitriles is 2. The van der Waals surface area contributed by atoms with E-state index in [-0.39, 0.29) is 18.0 Å². The van der Waals surface area contributed by atoms with Gasteiger partial charge >= 0.3 is 0 Å². The quantitative estimate of drug-likeness (QED) is 0.735. The second-order valence-electron chi connectivity index (χ2n) is 3.16. The molecule has 0 atom stereocenters. The van der Waals surface area contributed by atoms with Crippen molar-refractivity contribution in [3.05, 3.63) is 27.1 Å². The molecule has 1 aromatic rings. The summed E-state index contributed by atoms with van der Waals surface area (Å²) >= 11 is 6.33. The van der Waals surface area contributed by atoms with Crippen LogP contribution in [-0.4, -0.2) is 25.8 Å². The van der Waals surface area contributed by atoms with Gasteiger partial charge < -0.3 is 0 Å². The lowest BCUT2D eigenvalue weighted by Gasteiger charge is -2.17. The average Bonchev–Trinajstić information content (AvgIpc) is 2.32. The van der Waals surface area contributed by atoms with Crippen LogP contribution >= 0.6 is 31.9 Å². The number of hydrogen-bond acceptors (Lipinski definition) is 4. The molecule has 94 valence electrons. The Balaban J connectivity index is 3.32. The molecule has 0 N–H and O–H groups in total. The van der Waals surface area contributed by atoms with Gasteiger partial charge in [-0.25, -0.2) is 8.42 Å². The molecule has 0 aliphatic heterocycles. The molecule has 0 aromatic heterocycles. The third-order valence-electron chi connectivity index (χ3n) is 2.01. The van der Waals surface area contributed by atoms with Gasteiger partial charge in [-0.2, -0.15) is 14.8 Å². The molecular weight excluding hydrogens is 386 g/mol. The number of rotatable bonds is 4. The lowest BCUT2D eigenvalue weighted by molar-refractivity contribution is 0.479. The van der Waals surface area contributed by atoms with Crippen molar-refractivity contribution in [2.45, 2.75) is 4.90 Å². The van der Waals surface area contributed by atoms with E-state index in [1.807, 2.05) is 0 Å². The molecule has 1 rings (SSSR count). The molecule has 0 unspecified atom stereocenters. The first-order chi connectivity index (χ1) is 8.43. The van der Waals surface area contributed by atoms with Crippen molar-refractivity contribution in [1.82, 2.24) is 4.31 Å². The second-order valence-corrected chi connectivity index (χ2v) is 6.84. The average molecular weight is 393 g/mol. The number of benzene rings is 1. The van der Waals surface area contributed by atoms with Crippen molar-refractivity contribution in [3.8, 4) is 12.1 Å². The fraction of sp³-hybridized carbons (Fsp3) is 0.200. The monoisotopic (exact) mass is 391 g/mol. The maximum Gasteiger partial charge on any atom is 0.246 e. The van der Waals surface area contributed by atoms with Crippen molar-refractivity contribution >= 4 is 41.9 Å². The van der Waals surface area contributed by atoms with E-state index in [1.54, 1.807) is 24.3 Å². The van der Waals surface area contributed by atoms with Crippen LogP contribution in [0, 0.1) is 22.7 Å². The summed E-state index contributed by atoms with van der Waals surface area (Å²) < 4.78 is 26.3. The first-order valence-electron chi connectivity index (χ1n) is 4.62. The van der Waals surface area contributed by atoms with Gasteiger partial charge in [-0.15, -0.1) is 0 Å². The topological polar surface area (TPSA) is 85.0 Å². The zero-order valence-electron chi connectivity index (χ0n) is 8.97. The van der Waals surface area contributed by atoms with Crippen LogP contribution in [0.4, 0.5) is 0 Å². The summed E-state index contributed by atoms with van der Waals surface area (Å²) in [6.45, 7) is -0.732. The molecule has 0 saturated carbocycles. The molecule has 0 bridgehead atoms. The van der Waals surface area contributed by atoms with Crippen LogP contribution in [0.5, 0.6) is 0 Å². The third-order valence-corrected chi connectivity index (χ3v) is 5.28. The number of hydrogen-bond donors (Lipinski definition) is 0. The van der Waals surface area contributed by atoms with E-state index in [0.717, 1.165) is 4.31 Å². The van der Waals surface area contributed by atoms with Crippen LogP contribution in [0.25, 0.3) is 0 Å². The highest BCUT2D eigenvalue weighted by atomic mass is 79.9. The molecule has 5 nitrogen and oxygen atoms in total. The van der Waals surface area contributed by atoms with Crippen LogP contribution in [0.1, 0.15) is 0 Å². The highest BCUT2D eigenvalue weighted by Crippen LogP contribution is 2.28. The minimum Gasteiger partial charge on any atom is -0.207 e. The van der Waals surface area contributed by atoms with E-state index in [1.165, 1.54) is 6.07 Å². The van der Waals surface area contributed by atoms with Gasteiger partial charge in [0.1, 0.15) is 13.1 Å². The number of halogens is 2. The van der Waals surface area contributed by atoms with Gasteiger partial charge in [0.05, 0.1) is 17.0 Å². The fourth-order valence-electron chi connectivity index (χ4n) is 1.20. The van der Waals surface area contributed by atoms with Crippen LogP contribution in [0.3, 0.4) is 0 Å². The first-order valence-corrected chi connectivity index (χ1v) is 7.65. The summed E-state index contributed by atoms with van der Waals surface area (Å²) in [5, 5.41) is 17.2. The standard InChI is InChI=1S/C10H7Br2N3O2S/c11-8-1-2-9(12)10(7-8)18(16,17)15(5-3-13)6-4-14/h1-2,7H,5-6H2. The molecule has 0 saturated heterocycles. The van der Waals surface area contributed by atoms with E-state index < -0.39 is 10.0 Å². The first kappa shape index (κ1) is 15.1. The maximum atomic E-state index is 12.3. The summed E-state index contributed by atoms with van der Waals surface area (Å²) in [6, 6.07) is 8.14. The van der Waals surface area contributed by atoms with Crippen molar-refractivity contribution in [2.24, 2.45) is 0 Å². The summed E-state index contributed by atoms with van der Waals surface area (Å²) in [5.41, 5.74) is 0. The van der Waals surface area contributed by atoms with Crippen LogP contribution in [-0.2, 0) is 10.0 Å². The number of sulfonamides is 1. The smallest absolute Gasteiger partial charge is 0.207 e. The van der Waals surface area contributed by atoms with E-state index in [0.29, 0.717) is 8.95 Å². The third kappa shape index (κ3) is 3.30. The number of nitrogens with zero attached hydrogens (tertiary/aromatic N) is 3. The molecule has 0 aliphatic carbocycles. The Kier molecular flexibility index (Phi) is 5.29. The largest absolute Gasteiger partial charge is 0.246 e. The molecule has 0 fully saturated rings. The Morgan fingerprint density at radius 2 is 1.72 bits per heavy atom. The predicted molar refractivity (Wildman–Crippen MR) is 71.8 cm³/mol. The Hall–Kier alpha value is -0.930. The van der Waals surface area contributed by atoms with E-state index >= 15 is 0 Å². The van der Waals surface area contributed by atoms with Crippen molar-refractivity contribution in [2.75, 3.05) is 13.1 Å². The normalized spacial score (nSPS) is 10.9. The maximum absolute atomic E-state index is 12.3. The molecule has 18 heavy (non-hydrogen) atoms. The SMILES string of the molecule is N#CCN(CC#N)S(=O)(=O)c1cc(Br)ccc1Br. The summed E-state index contributed by atoms with van der Waals surface area (Å²) in [6.07, 6.45) is 0. The fourth-order valence-corrected chi connectivity index (χ4v) is 3.89. The zero-order chi connectivity index (χ0) is 13.8. The van der Waals surface area contributed by atoms with Crippen LogP contribution in [0.15, 0.2) is 32.0 Å². The zero-order valence-corrected chi connectivity index (χ0v) is 13.0. The lowest BCUT2D eigenvalue weighted by Crippen LogP contribution is -2.32. The van der Waals surface area contributed by atoms with Crippen molar-refractivity contribution in [1.29, 1.82) is 10.5 Å². The van der Waals surface area contributed by atoms with Crippen molar-refractivity contribution in [3.63, 3.8) is 0 Å². The van der Waals surface area contributed by atoms with Gasteiger partial charge in [0.25, 0.3) is 0 Å². The molecule has 0 spiro atoms. The van der Waals surface area contributed by atoms with E-state index in [4.69, 9.17) is 10.5 Å². The van der Waals surface area contributed by atoms with E-state index in [9.17, 15) is 8.42 Å². The van der Waals surface area contributed by atoms with Crippen molar-refractivity contribution < 1.29 is 8.42 Å². The van der Waals surface area contributed by atoms with Gasteiger partial charge in [-0.1, -0.05) is 15.9 Å². The molecule has 1 aromatic carbocycles. The molecule has 0 heterocycles.